The maximum absolute atomic E-state index is 12.3. The number of carboxylic acid groups (broad SMARTS) is 1. The third kappa shape index (κ3) is 6.04. The van der Waals surface area contributed by atoms with Crippen LogP contribution in [-0.4, -0.2) is 45.7 Å². The minimum Gasteiger partial charge on any atom is -0.481 e. The molecule has 5 nitrogen and oxygen atoms in total. The molecule has 1 amide bonds. The van der Waals surface area contributed by atoms with Crippen LogP contribution in [0.2, 0.25) is 0 Å². The van der Waals surface area contributed by atoms with Gasteiger partial charge in [-0.25, -0.2) is 0 Å². The molecule has 0 aromatic heterocycles. The molecule has 0 radical (unpaired) electrons. The monoisotopic (exact) mass is 299 g/mol. The van der Waals surface area contributed by atoms with Crippen LogP contribution >= 0.6 is 0 Å². The SMILES string of the molecule is CCCC(O)(CCC)CC(=O)N1CCC(CC(=O)O)CC1. The van der Waals surface area contributed by atoms with Crippen LogP contribution in [0.5, 0.6) is 0 Å². The second-order valence-electron chi connectivity index (χ2n) is 6.32. The predicted octanol–water partition coefficient (Wildman–Crippen LogP) is 2.42. The molecule has 1 aliphatic heterocycles. The molecular formula is C16H29NO4. The lowest BCUT2D eigenvalue weighted by molar-refractivity contribution is -0.140. The van der Waals surface area contributed by atoms with Crippen molar-refractivity contribution in [1.82, 2.24) is 4.90 Å². The number of amides is 1. The minimum atomic E-state index is -0.876. The zero-order valence-electron chi connectivity index (χ0n) is 13.3. The third-order valence-electron chi connectivity index (χ3n) is 4.34. The highest BCUT2D eigenvalue weighted by atomic mass is 16.4. The Balaban J connectivity index is 2.47. The van der Waals surface area contributed by atoms with E-state index in [-0.39, 0.29) is 24.7 Å². The Kier molecular flexibility index (Phi) is 7.15. The van der Waals surface area contributed by atoms with Crippen LogP contribution in [0.1, 0.15) is 65.2 Å². The van der Waals surface area contributed by atoms with Crippen molar-refractivity contribution in [3.05, 3.63) is 0 Å². The Labute approximate surface area is 127 Å². The second kappa shape index (κ2) is 8.37. The molecule has 1 saturated heterocycles. The number of hydrogen-bond donors (Lipinski definition) is 2. The Hall–Kier alpha value is -1.10. The molecule has 0 aromatic rings. The van der Waals surface area contributed by atoms with Crippen molar-refractivity contribution in [3.63, 3.8) is 0 Å². The summed E-state index contributed by atoms with van der Waals surface area (Å²) in [4.78, 5) is 24.8. The van der Waals surface area contributed by atoms with Crippen molar-refractivity contribution in [2.75, 3.05) is 13.1 Å². The topological polar surface area (TPSA) is 77.8 Å². The number of likely N-dealkylation sites (tertiary alicyclic amines) is 1. The summed E-state index contributed by atoms with van der Waals surface area (Å²) in [6, 6.07) is 0. The van der Waals surface area contributed by atoms with E-state index in [2.05, 4.69) is 0 Å². The summed E-state index contributed by atoms with van der Waals surface area (Å²) in [5.41, 5.74) is -0.876. The molecule has 0 atom stereocenters. The summed E-state index contributed by atoms with van der Waals surface area (Å²) in [7, 11) is 0. The van der Waals surface area contributed by atoms with Crippen molar-refractivity contribution in [1.29, 1.82) is 0 Å². The average Bonchev–Trinajstić information content (AvgIpc) is 2.39. The van der Waals surface area contributed by atoms with Gasteiger partial charge in [0.2, 0.25) is 5.91 Å². The summed E-state index contributed by atoms with van der Waals surface area (Å²) in [5.74, 6) is -0.579. The lowest BCUT2D eigenvalue weighted by atomic mass is 9.88. The van der Waals surface area contributed by atoms with E-state index < -0.39 is 11.6 Å². The predicted molar refractivity (Wildman–Crippen MR) is 80.9 cm³/mol. The van der Waals surface area contributed by atoms with E-state index in [1.165, 1.54) is 0 Å². The molecule has 0 saturated carbocycles. The first-order valence-electron chi connectivity index (χ1n) is 8.12. The van der Waals surface area contributed by atoms with Crippen LogP contribution in [0.3, 0.4) is 0 Å². The van der Waals surface area contributed by atoms with Gasteiger partial charge in [0.25, 0.3) is 0 Å². The number of carbonyl (C=O) groups is 2. The van der Waals surface area contributed by atoms with Gasteiger partial charge in [0.15, 0.2) is 0 Å². The van der Waals surface area contributed by atoms with Gasteiger partial charge in [-0.05, 0) is 31.6 Å². The van der Waals surface area contributed by atoms with Gasteiger partial charge in [0.1, 0.15) is 0 Å². The summed E-state index contributed by atoms with van der Waals surface area (Å²) < 4.78 is 0. The van der Waals surface area contributed by atoms with Crippen LogP contribution in [0.25, 0.3) is 0 Å². The zero-order valence-corrected chi connectivity index (χ0v) is 13.3. The largest absolute Gasteiger partial charge is 0.481 e. The summed E-state index contributed by atoms with van der Waals surface area (Å²) in [6.07, 6.45) is 4.92. The molecule has 21 heavy (non-hydrogen) atoms. The van der Waals surface area contributed by atoms with E-state index in [9.17, 15) is 14.7 Å². The fraction of sp³-hybridized carbons (Fsp3) is 0.875. The van der Waals surface area contributed by atoms with E-state index >= 15 is 0 Å². The first kappa shape index (κ1) is 18.0. The Morgan fingerprint density at radius 3 is 2.10 bits per heavy atom. The van der Waals surface area contributed by atoms with Gasteiger partial charge < -0.3 is 15.1 Å². The molecule has 0 bridgehead atoms. The fourth-order valence-electron chi connectivity index (χ4n) is 3.26. The molecule has 2 N–H and O–H groups in total. The Bertz CT molecular complexity index is 342. The van der Waals surface area contributed by atoms with Crippen LogP contribution in [0.4, 0.5) is 0 Å². The second-order valence-corrected chi connectivity index (χ2v) is 6.32. The first-order valence-corrected chi connectivity index (χ1v) is 8.12. The van der Waals surface area contributed by atoms with Crippen molar-refractivity contribution in [2.45, 2.75) is 70.8 Å². The molecule has 1 fully saturated rings. The Morgan fingerprint density at radius 1 is 1.14 bits per heavy atom. The van der Waals surface area contributed by atoms with Crippen molar-refractivity contribution < 1.29 is 19.8 Å². The van der Waals surface area contributed by atoms with Crippen LogP contribution in [0, 0.1) is 5.92 Å². The summed E-state index contributed by atoms with van der Waals surface area (Å²) in [5, 5.41) is 19.4. The Morgan fingerprint density at radius 2 is 1.67 bits per heavy atom. The molecule has 0 aliphatic carbocycles. The van der Waals surface area contributed by atoms with E-state index in [1.807, 2.05) is 13.8 Å². The van der Waals surface area contributed by atoms with E-state index in [1.54, 1.807) is 4.90 Å². The molecule has 5 heteroatoms. The van der Waals surface area contributed by atoms with Crippen LogP contribution in [-0.2, 0) is 9.59 Å². The summed E-state index contributed by atoms with van der Waals surface area (Å²) >= 11 is 0. The zero-order chi connectivity index (χ0) is 15.9. The number of aliphatic carboxylic acids is 1. The maximum atomic E-state index is 12.3. The van der Waals surface area contributed by atoms with Gasteiger partial charge in [-0.1, -0.05) is 26.7 Å². The van der Waals surface area contributed by atoms with Crippen molar-refractivity contribution in [2.24, 2.45) is 5.92 Å². The van der Waals surface area contributed by atoms with E-state index in [0.717, 1.165) is 25.7 Å². The van der Waals surface area contributed by atoms with E-state index in [4.69, 9.17) is 5.11 Å². The average molecular weight is 299 g/mol. The lowest BCUT2D eigenvalue weighted by Crippen LogP contribution is -2.43. The molecular weight excluding hydrogens is 270 g/mol. The number of rotatable bonds is 8. The van der Waals surface area contributed by atoms with Gasteiger partial charge in [-0.3, -0.25) is 9.59 Å². The fourth-order valence-corrected chi connectivity index (χ4v) is 3.26. The van der Waals surface area contributed by atoms with Crippen LogP contribution in [0.15, 0.2) is 0 Å². The molecule has 1 heterocycles. The van der Waals surface area contributed by atoms with Gasteiger partial charge in [0.05, 0.1) is 12.0 Å². The molecule has 122 valence electrons. The molecule has 0 spiro atoms. The normalized spacial score (nSPS) is 17.0. The minimum absolute atomic E-state index is 0.00757. The molecule has 1 aliphatic rings. The van der Waals surface area contributed by atoms with Crippen LogP contribution < -0.4 is 0 Å². The smallest absolute Gasteiger partial charge is 0.303 e. The quantitative estimate of drug-likeness (QED) is 0.721. The molecule has 1 rings (SSSR count). The number of aliphatic hydroxyl groups is 1. The number of nitrogens with zero attached hydrogens (tertiary/aromatic N) is 1. The summed E-state index contributed by atoms with van der Waals surface area (Å²) in [6.45, 7) is 5.27. The molecule has 0 unspecified atom stereocenters. The van der Waals surface area contributed by atoms with Crippen molar-refractivity contribution in [3.8, 4) is 0 Å². The highest BCUT2D eigenvalue weighted by Crippen LogP contribution is 2.26. The van der Waals surface area contributed by atoms with E-state index in [0.29, 0.717) is 25.9 Å². The highest BCUT2D eigenvalue weighted by molar-refractivity contribution is 5.77. The van der Waals surface area contributed by atoms with Gasteiger partial charge in [-0.2, -0.15) is 0 Å². The molecule has 0 aromatic carbocycles. The maximum Gasteiger partial charge on any atom is 0.303 e. The van der Waals surface area contributed by atoms with Gasteiger partial charge in [-0.15, -0.1) is 0 Å². The van der Waals surface area contributed by atoms with Gasteiger partial charge in [0, 0.05) is 19.5 Å². The van der Waals surface area contributed by atoms with Crippen molar-refractivity contribution >= 4 is 11.9 Å². The number of hydrogen-bond acceptors (Lipinski definition) is 3. The first-order chi connectivity index (χ1) is 9.90. The number of piperidine rings is 1. The standard InChI is InChI=1S/C16H29NO4/c1-3-7-16(21,8-4-2)12-14(18)17-9-5-13(6-10-17)11-15(19)20/h13,21H,3-12H2,1-2H3,(H,19,20). The lowest BCUT2D eigenvalue weighted by Gasteiger charge is -2.34. The van der Waals surface area contributed by atoms with Gasteiger partial charge >= 0.3 is 5.97 Å². The third-order valence-corrected chi connectivity index (χ3v) is 4.34. The number of carboxylic acids is 1. The number of carbonyl (C=O) groups excluding carboxylic acids is 1. The highest BCUT2D eigenvalue weighted by Gasteiger charge is 2.32.